The third kappa shape index (κ3) is 2.41. The van der Waals surface area contributed by atoms with E-state index in [-0.39, 0.29) is 6.29 Å². The first-order valence-electron chi connectivity index (χ1n) is 5.92. The molecule has 0 atom stereocenters. The molecule has 0 N–H and O–H groups in total. The molecular formula is C15H13ClO2. The lowest BCUT2D eigenvalue weighted by Gasteiger charge is -2.10. The third-order valence-electron chi connectivity index (χ3n) is 2.96. The van der Waals surface area contributed by atoms with Gasteiger partial charge in [0, 0.05) is 10.6 Å². The quantitative estimate of drug-likeness (QED) is 0.811. The highest BCUT2D eigenvalue weighted by atomic mass is 35.5. The van der Waals surface area contributed by atoms with E-state index in [1.54, 1.807) is 0 Å². The molecule has 92 valence electrons. The van der Waals surface area contributed by atoms with Gasteiger partial charge in [0.15, 0.2) is 6.29 Å². The van der Waals surface area contributed by atoms with Gasteiger partial charge in [-0.1, -0.05) is 48.0 Å². The fourth-order valence-corrected chi connectivity index (χ4v) is 2.24. The first-order valence-corrected chi connectivity index (χ1v) is 6.30. The number of rotatable bonds is 2. The second-order valence-electron chi connectivity index (χ2n) is 4.21. The van der Waals surface area contributed by atoms with Crippen molar-refractivity contribution in [1.29, 1.82) is 0 Å². The SMILES string of the molecule is Clc1cccc(-c2ccc(C3OCCO3)cc2)c1. The van der Waals surface area contributed by atoms with Crippen molar-refractivity contribution in [2.45, 2.75) is 6.29 Å². The second-order valence-corrected chi connectivity index (χ2v) is 4.64. The average Bonchev–Trinajstić information content (AvgIpc) is 2.93. The lowest BCUT2D eigenvalue weighted by atomic mass is 10.0. The van der Waals surface area contributed by atoms with E-state index in [4.69, 9.17) is 21.1 Å². The molecule has 1 aliphatic rings. The fourth-order valence-electron chi connectivity index (χ4n) is 2.05. The van der Waals surface area contributed by atoms with Crippen molar-refractivity contribution in [3.05, 3.63) is 59.1 Å². The number of ether oxygens (including phenoxy) is 2. The molecule has 0 radical (unpaired) electrons. The number of hydrogen-bond acceptors (Lipinski definition) is 2. The lowest BCUT2D eigenvalue weighted by molar-refractivity contribution is -0.0441. The number of hydrogen-bond donors (Lipinski definition) is 0. The lowest BCUT2D eigenvalue weighted by Crippen LogP contribution is -1.97. The maximum absolute atomic E-state index is 5.99. The molecule has 18 heavy (non-hydrogen) atoms. The van der Waals surface area contributed by atoms with Gasteiger partial charge in [0.05, 0.1) is 13.2 Å². The summed E-state index contributed by atoms with van der Waals surface area (Å²) in [6.45, 7) is 1.33. The molecule has 3 heteroatoms. The van der Waals surface area contributed by atoms with Crippen molar-refractivity contribution < 1.29 is 9.47 Å². The summed E-state index contributed by atoms with van der Waals surface area (Å²) in [6.07, 6.45) is -0.210. The van der Waals surface area contributed by atoms with Crippen LogP contribution in [0.3, 0.4) is 0 Å². The molecule has 2 aromatic carbocycles. The standard InChI is InChI=1S/C15H13ClO2/c16-14-3-1-2-13(10-14)11-4-6-12(7-5-11)15-17-8-9-18-15/h1-7,10,15H,8-9H2. The first kappa shape index (κ1) is 11.7. The largest absolute Gasteiger partial charge is 0.346 e. The molecule has 0 aromatic heterocycles. The predicted octanol–water partition coefficient (Wildman–Crippen LogP) is 4.05. The Morgan fingerprint density at radius 1 is 0.889 bits per heavy atom. The molecule has 1 aliphatic heterocycles. The molecule has 0 unspecified atom stereocenters. The Kier molecular flexibility index (Phi) is 3.33. The minimum Gasteiger partial charge on any atom is -0.346 e. The van der Waals surface area contributed by atoms with Crippen LogP contribution in [0.25, 0.3) is 11.1 Å². The van der Waals surface area contributed by atoms with E-state index in [0.717, 1.165) is 21.7 Å². The molecular weight excluding hydrogens is 248 g/mol. The van der Waals surface area contributed by atoms with Crippen LogP contribution < -0.4 is 0 Å². The average molecular weight is 261 g/mol. The molecule has 2 nitrogen and oxygen atoms in total. The Labute approximate surface area is 111 Å². The topological polar surface area (TPSA) is 18.5 Å². The van der Waals surface area contributed by atoms with Gasteiger partial charge in [-0.15, -0.1) is 0 Å². The summed E-state index contributed by atoms with van der Waals surface area (Å²) >= 11 is 5.99. The van der Waals surface area contributed by atoms with Gasteiger partial charge in [0.25, 0.3) is 0 Å². The summed E-state index contributed by atoms with van der Waals surface area (Å²) in [4.78, 5) is 0. The highest BCUT2D eigenvalue weighted by molar-refractivity contribution is 6.30. The third-order valence-corrected chi connectivity index (χ3v) is 3.20. The van der Waals surface area contributed by atoms with Crippen LogP contribution in [0, 0.1) is 0 Å². The second kappa shape index (κ2) is 5.11. The molecule has 0 amide bonds. The van der Waals surface area contributed by atoms with E-state index < -0.39 is 0 Å². The van der Waals surface area contributed by atoms with E-state index in [9.17, 15) is 0 Å². The summed E-state index contributed by atoms with van der Waals surface area (Å²) in [5.74, 6) is 0. The zero-order valence-corrected chi connectivity index (χ0v) is 10.6. The molecule has 0 aliphatic carbocycles. The molecule has 1 heterocycles. The van der Waals surface area contributed by atoms with Crippen LogP contribution in [0.15, 0.2) is 48.5 Å². The summed E-state index contributed by atoms with van der Waals surface area (Å²) in [5.41, 5.74) is 3.31. The Morgan fingerprint density at radius 3 is 2.28 bits per heavy atom. The van der Waals surface area contributed by atoms with Crippen LogP contribution in [0.1, 0.15) is 11.9 Å². The molecule has 1 saturated heterocycles. The highest BCUT2D eigenvalue weighted by Gasteiger charge is 2.17. The van der Waals surface area contributed by atoms with Gasteiger partial charge in [0.2, 0.25) is 0 Å². The molecule has 0 spiro atoms. The van der Waals surface area contributed by atoms with Crippen molar-refractivity contribution in [3.8, 4) is 11.1 Å². The van der Waals surface area contributed by atoms with Gasteiger partial charge in [-0.2, -0.15) is 0 Å². The van der Waals surface area contributed by atoms with Gasteiger partial charge in [-0.3, -0.25) is 0 Å². The molecule has 0 saturated carbocycles. The van der Waals surface area contributed by atoms with Crippen LogP contribution in [-0.4, -0.2) is 13.2 Å². The van der Waals surface area contributed by atoms with Gasteiger partial charge in [-0.05, 0) is 23.3 Å². The van der Waals surface area contributed by atoms with Gasteiger partial charge in [0.1, 0.15) is 0 Å². The van der Waals surface area contributed by atoms with E-state index in [0.29, 0.717) is 13.2 Å². The van der Waals surface area contributed by atoms with Gasteiger partial charge < -0.3 is 9.47 Å². The number of halogens is 1. The summed E-state index contributed by atoms with van der Waals surface area (Å²) < 4.78 is 10.9. The molecule has 3 rings (SSSR count). The minimum atomic E-state index is -0.210. The smallest absolute Gasteiger partial charge is 0.184 e. The van der Waals surface area contributed by atoms with Crippen LogP contribution in [0.4, 0.5) is 0 Å². The maximum Gasteiger partial charge on any atom is 0.184 e. The van der Waals surface area contributed by atoms with Gasteiger partial charge >= 0.3 is 0 Å². The summed E-state index contributed by atoms with van der Waals surface area (Å²) in [7, 11) is 0. The zero-order chi connectivity index (χ0) is 12.4. The zero-order valence-electron chi connectivity index (χ0n) is 9.80. The van der Waals surface area contributed by atoms with Gasteiger partial charge in [-0.25, -0.2) is 0 Å². The normalized spacial score (nSPS) is 16.1. The van der Waals surface area contributed by atoms with Crippen molar-refractivity contribution in [1.82, 2.24) is 0 Å². The van der Waals surface area contributed by atoms with E-state index >= 15 is 0 Å². The predicted molar refractivity (Wildman–Crippen MR) is 71.5 cm³/mol. The fraction of sp³-hybridized carbons (Fsp3) is 0.200. The van der Waals surface area contributed by atoms with E-state index in [2.05, 4.69) is 12.1 Å². The first-order chi connectivity index (χ1) is 8.83. The Bertz CT molecular complexity index is 530. The van der Waals surface area contributed by atoms with Crippen molar-refractivity contribution in [3.63, 3.8) is 0 Å². The van der Waals surface area contributed by atoms with Crippen LogP contribution in [0.2, 0.25) is 5.02 Å². The maximum atomic E-state index is 5.99. The van der Waals surface area contributed by atoms with Crippen molar-refractivity contribution in [2.24, 2.45) is 0 Å². The van der Waals surface area contributed by atoms with Crippen molar-refractivity contribution >= 4 is 11.6 Å². The van der Waals surface area contributed by atoms with E-state index in [1.165, 1.54) is 0 Å². The Balaban J connectivity index is 1.86. The van der Waals surface area contributed by atoms with Crippen LogP contribution in [0.5, 0.6) is 0 Å². The summed E-state index contributed by atoms with van der Waals surface area (Å²) in [6, 6.07) is 16.0. The molecule has 2 aromatic rings. The molecule has 0 bridgehead atoms. The van der Waals surface area contributed by atoms with Crippen LogP contribution in [-0.2, 0) is 9.47 Å². The van der Waals surface area contributed by atoms with Crippen LogP contribution >= 0.6 is 11.6 Å². The van der Waals surface area contributed by atoms with E-state index in [1.807, 2.05) is 36.4 Å². The Morgan fingerprint density at radius 2 is 1.61 bits per heavy atom. The Hall–Kier alpha value is -1.35. The van der Waals surface area contributed by atoms with Crippen molar-refractivity contribution in [2.75, 3.05) is 13.2 Å². The highest BCUT2D eigenvalue weighted by Crippen LogP contribution is 2.27. The molecule has 1 fully saturated rings. The number of benzene rings is 2. The monoisotopic (exact) mass is 260 g/mol. The summed E-state index contributed by atoms with van der Waals surface area (Å²) in [5, 5.41) is 0.749. The minimum absolute atomic E-state index is 0.210.